The predicted octanol–water partition coefficient (Wildman–Crippen LogP) is 5.23. The molecule has 6 nitrogen and oxygen atoms in total. The number of nitrogens with one attached hydrogen (secondary N) is 1. The van der Waals surface area contributed by atoms with E-state index in [1.54, 1.807) is 7.11 Å². The van der Waals surface area contributed by atoms with Gasteiger partial charge < -0.3 is 14.4 Å². The van der Waals surface area contributed by atoms with Gasteiger partial charge in [0.1, 0.15) is 17.2 Å². The molecule has 33 heavy (non-hydrogen) atoms. The molecule has 5 rings (SSSR count). The van der Waals surface area contributed by atoms with E-state index in [1.165, 1.54) is 0 Å². The summed E-state index contributed by atoms with van der Waals surface area (Å²) in [6.45, 7) is 3.03. The van der Waals surface area contributed by atoms with Crippen molar-refractivity contribution in [1.29, 1.82) is 0 Å². The Balaban J connectivity index is 1.63. The van der Waals surface area contributed by atoms with Gasteiger partial charge in [-0.2, -0.15) is 5.10 Å². The van der Waals surface area contributed by atoms with E-state index < -0.39 is 0 Å². The second-order valence-corrected chi connectivity index (χ2v) is 7.92. The first-order valence-corrected chi connectivity index (χ1v) is 11.0. The molecule has 166 valence electrons. The molecule has 0 radical (unpaired) electrons. The number of carbonyl (C=O) groups is 1. The van der Waals surface area contributed by atoms with Crippen molar-refractivity contribution >= 4 is 5.91 Å². The number of aromatic amines is 1. The molecule has 0 fully saturated rings. The van der Waals surface area contributed by atoms with Gasteiger partial charge in [0.25, 0.3) is 5.91 Å². The Bertz CT molecular complexity index is 1270. The van der Waals surface area contributed by atoms with E-state index in [-0.39, 0.29) is 11.9 Å². The van der Waals surface area contributed by atoms with E-state index in [0.29, 0.717) is 18.8 Å². The summed E-state index contributed by atoms with van der Waals surface area (Å²) in [6, 6.07) is 25.4. The van der Waals surface area contributed by atoms with Crippen LogP contribution in [0.15, 0.2) is 78.9 Å². The fraction of sp³-hybridized carbons (Fsp3) is 0.185. The van der Waals surface area contributed by atoms with Crippen LogP contribution in [0.25, 0.3) is 11.3 Å². The zero-order valence-electron chi connectivity index (χ0n) is 18.6. The lowest BCUT2D eigenvalue weighted by molar-refractivity contribution is 0.0730. The van der Waals surface area contributed by atoms with Gasteiger partial charge in [0.2, 0.25) is 0 Å². The van der Waals surface area contributed by atoms with Crippen molar-refractivity contribution in [3.63, 3.8) is 0 Å². The van der Waals surface area contributed by atoms with Crippen molar-refractivity contribution < 1.29 is 14.3 Å². The summed E-state index contributed by atoms with van der Waals surface area (Å²) >= 11 is 0. The van der Waals surface area contributed by atoms with E-state index in [4.69, 9.17) is 9.47 Å². The standard InChI is InChI=1S/C27H25N3O3/c1-3-33-22-11-7-10-20(16-22)26-23-24(19-12-14-21(32-2)15-13-19)28-29-25(23)27(31)30(26)17-18-8-5-4-6-9-18/h4-16,26H,3,17H2,1-2H3,(H,28,29). The van der Waals surface area contributed by atoms with Gasteiger partial charge in [0.05, 0.1) is 25.5 Å². The maximum atomic E-state index is 13.5. The van der Waals surface area contributed by atoms with Gasteiger partial charge in [-0.25, -0.2) is 0 Å². The van der Waals surface area contributed by atoms with Gasteiger partial charge in [-0.3, -0.25) is 9.89 Å². The SMILES string of the molecule is CCOc1cccc(C2c3c(-c4ccc(OC)cc4)n[nH]c3C(=O)N2Cc2ccccc2)c1. The number of nitrogens with zero attached hydrogens (tertiary/aromatic N) is 2. The number of hydrogen-bond acceptors (Lipinski definition) is 4. The summed E-state index contributed by atoms with van der Waals surface area (Å²) in [7, 11) is 1.64. The normalized spacial score (nSPS) is 14.9. The smallest absolute Gasteiger partial charge is 0.273 e. The van der Waals surface area contributed by atoms with Crippen LogP contribution in [0.5, 0.6) is 11.5 Å². The molecule has 1 unspecified atom stereocenters. The summed E-state index contributed by atoms with van der Waals surface area (Å²) in [4.78, 5) is 15.4. The van der Waals surface area contributed by atoms with Crippen LogP contribution in [-0.4, -0.2) is 34.7 Å². The lowest BCUT2D eigenvalue weighted by atomic mass is 9.95. The summed E-state index contributed by atoms with van der Waals surface area (Å²) < 4.78 is 11.1. The first-order chi connectivity index (χ1) is 16.2. The number of carbonyl (C=O) groups excluding carboxylic acids is 1. The largest absolute Gasteiger partial charge is 0.497 e. The Morgan fingerprint density at radius 2 is 1.76 bits per heavy atom. The van der Waals surface area contributed by atoms with E-state index in [1.807, 2.05) is 90.7 Å². The maximum Gasteiger partial charge on any atom is 0.273 e. The molecule has 0 saturated heterocycles. The molecule has 3 aromatic carbocycles. The number of fused-ring (bicyclic) bond motifs is 1. The zero-order valence-corrected chi connectivity index (χ0v) is 18.6. The minimum atomic E-state index is -0.288. The fourth-order valence-electron chi connectivity index (χ4n) is 4.40. The highest BCUT2D eigenvalue weighted by Gasteiger charge is 2.42. The van der Waals surface area contributed by atoms with E-state index >= 15 is 0 Å². The predicted molar refractivity (Wildman–Crippen MR) is 126 cm³/mol. The zero-order chi connectivity index (χ0) is 22.8. The van der Waals surface area contributed by atoms with Crippen LogP contribution in [0.3, 0.4) is 0 Å². The first kappa shape index (κ1) is 20.8. The van der Waals surface area contributed by atoms with Gasteiger partial charge in [0, 0.05) is 17.7 Å². The first-order valence-electron chi connectivity index (χ1n) is 11.0. The minimum absolute atomic E-state index is 0.0621. The van der Waals surface area contributed by atoms with Crippen LogP contribution >= 0.6 is 0 Å². The van der Waals surface area contributed by atoms with E-state index in [2.05, 4.69) is 10.2 Å². The average Bonchev–Trinajstić information content (AvgIpc) is 3.39. The third kappa shape index (κ3) is 3.84. The third-order valence-electron chi connectivity index (χ3n) is 5.91. The average molecular weight is 440 g/mol. The second kappa shape index (κ2) is 8.82. The molecule has 1 amide bonds. The summed E-state index contributed by atoms with van der Waals surface area (Å²) in [5, 5.41) is 7.56. The highest BCUT2D eigenvalue weighted by Crippen LogP contribution is 2.44. The summed E-state index contributed by atoms with van der Waals surface area (Å²) in [5.41, 5.74) is 5.16. The quantitative estimate of drug-likeness (QED) is 0.428. The number of ether oxygens (including phenoxy) is 2. The molecule has 2 heterocycles. The van der Waals surface area contributed by atoms with Crippen LogP contribution in [0.2, 0.25) is 0 Å². The van der Waals surface area contributed by atoms with Crippen LogP contribution in [0.1, 0.15) is 40.1 Å². The molecule has 1 aliphatic heterocycles. The Labute approximate surface area is 192 Å². The molecule has 0 aliphatic carbocycles. The molecule has 4 aromatic rings. The van der Waals surface area contributed by atoms with Gasteiger partial charge >= 0.3 is 0 Å². The molecule has 1 aliphatic rings. The Morgan fingerprint density at radius 3 is 2.48 bits per heavy atom. The molecule has 1 atom stereocenters. The van der Waals surface area contributed by atoms with Crippen molar-refractivity contribution in [2.75, 3.05) is 13.7 Å². The summed E-state index contributed by atoms with van der Waals surface area (Å²) in [6.07, 6.45) is 0. The number of hydrogen-bond donors (Lipinski definition) is 1. The van der Waals surface area contributed by atoms with Crippen molar-refractivity contribution in [1.82, 2.24) is 15.1 Å². The number of amides is 1. The van der Waals surface area contributed by atoms with Gasteiger partial charge in [-0.15, -0.1) is 0 Å². The summed E-state index contributed by atoms with van der Waals surface area (Å²) in [5.74, 6) is 1.49. The maximum absolute atomic E-state index is 13.5. The molecule has 0 spiro atoms. The monoisotopic (exact) mass is 439 g/mol. The number of methoxy groups -OCH3 is 1. The highest BCUT2D eigenvalue weighted by atomic mass is 16.5. The van der Waals surface area contributed by atoms with Crippen LogP contribution in [-0.2, 0) is 6.54 Å². The second-order valence-electron chi connectivity index (χ2n) is 7.92. The lowest BCUT2D eigenvalue weighted by Gasteiger charge is -2.27. The topological polar surface area (TPSA) is 67.5 Å². The van der Waals surface area contributed by atoms with Crippen LogP contribution in [0, 0.1) is 0 Å². The number of benzene rings is 3. The molecular weight excluding hydrogens is 414 g/mol. The minimum Gasteiger partial charge on any atom is -0.497 e. The van der Waals surface area contributed by atoms with Gasteiger partial charge in [-0.1, -0.05) is 42.5 Å². The molecule has 6 heteroatoms. The lowest BCUT2D eigenvalue weighted by Crippen LogP contribution is -2.29. The Kier molecular flexibility index (Phi) is 5.57. The van der Waals surface area contributed by atoms with Crippen LogP contribution in [0.4, 0.5) is 0 Å². The van der Waals surface area contributed by atoms with Crippen molar-refractivity contribution in [2.24, 2.45) is 0 Å². The van der Waals surface area contributed by atoms with E-state index in [9.17, 15) is 4.79 Å². The third-order valence-corrected chi connectivity index (χ3v) is 5.91. The molecule has 0 saturated carbocycles. The van der Waals surface area contributed by atoms with Crippen molar-refractivity contribution in [3.8, 4) is 22.8 Å². The molecule has 1 N–H and O–H groups in total. The van der Waals surface area contributed by atoms with Gasteiger partial charge in [0.15, 0.2) is 0 Å². The number of H-pyrrole nitrogens is 1. The Hall–Kier alpha value is -4.06. The number of aromatic nitrogens is 2. The number of rotatable bonds is 7. The van der Waals surface area contributed by atoms with Crippen molar-refractivity contribution in [2.45, 2.75) is 19.5 Å². The molecule has 1 aromatic heterocycles. The Morgan fingerprint density at radius 1 is 0.970 bits per heavy atom. The van der Waals surface area contributed by atoms with E-state index in [0.717, 1.165) is 39.4 Å². The fourth-order valence-corrected chi connectivity index (χ4v) is 4.40. The molecule has 0 bridgehead atoms. The van der Waals surface area contributed by atoms with Crippen LogP contribution < -0.4 is 9.47 Å². The van der Waals surface area contributed by atoms with Crippen molar-refractivity contribution in [3.05, 3.63) is 101 Å². The highest BCUT2D eigenvalue weighted by molar-refractivity contribution is 6.00. The van der Waals surface area contributed by atoms with Gasteiger partial charge in [-0.05, 0) is 54.4 Å². The molecular formula is C27H25N3O3.